The van der Waals surface area contributed by atoms with E-state index in [1.807, 2.05) is 0 Å². The van der Waals surface area contributed by atoms with Crippen LogP contribution in [0.5, 0.6) is 5.75 Å². The first-order chi connectivity index (χ1) is 14.1. The summed E-state index contributed by atoms with van der Waals surface area (Å²) >= 11 is 0. The van der Waals surface area contributed by atoms with Crippen LogP contribution in [0, 0.1) is 23.0 Å². The van der Waals surface area contributed by atoms with Crippen molar-refractivity contribution in [3.63, 3.8) is 0 Å². The molecule has 154 valence electrons. The number of hydrogen-bond donors (Lipinski definition) is 1. The van der Waals surface area contributed by atoms with E-state index in [2.05, 4.69) is 0 Å². The molecule has 0 spiro atoms. The number of Topliss-reactive ketones (excluding diaryl/α,β-unsaturated/α-hetero) is 1. The van der Waals surface area contributed by atoms with Gasteiger partial charge >= 0.3 is 12.1 Å². The van der Waals surface area contributed by atoms with Crippen LogP contribution in [-0.4, -0.2) is 25.0 Å². The molecule has 1 aliphatic carbocycles. The zero-order valence-electron chi connectivity index (χ0n) is 15.1. The highest BCUT2D eigenvalue weighted by Crippen LogP contribution is 2.46. The molecule has 5 nitrogen and oxygen atoms in total. The van der Waals surface area contributed by atoms with E-state index >= 15 is 0 Å². The number of ether oxygens (including phenoxy) is 1. The third kappa shape index (κ3) is 3.39. The Balaban J connectivity index is 2.38. The molecule has 0 aliphatic heterocycles. The molecule has 1 unspecified atom stereocenters. The fraction of sp³-hybridized carbons (Fsp3) is 0.150. The number of nitrogens with zero attached hydrogens (tertiary/aromatic N) is 1. The average molecular weight is 422 g/mol. The largest absolute Gasteiger partial charge is 0.493 e. The number of methoxy groups -OCH3 is 1. The lowest BCUT2D eigenvalue weighted by Crippen LogP contribution is -2.32. The molecular weight excluding hydrogens is 411 g/mol. The molecule has 2 aromatic carbocycles. The molecule has 0 heterocycles. The number of carbonyl (C=O) groups is 2. The van der Waals surface area contributed by atoms with E-state index in [4.69, 9.17) is 4.74 Å². The SMILES string of the molecule is COc1c(F)c(F)c(NC(=O)C(F)(F)F)c2c1C(c1ccccc1)C=C(C#N)C2=O. The fourth-order valence-electron chi connectivity index (χ4n) is 3.19. The smallest absolute Gasteiger partial charge is 0.471 e. The summed E-state index contributed by atoms with van der Waals surface area (Å²) in [4.78, 5) is 24.1. The van der Waals surface area contributed by atoms with Crippen LogP contribution < -0.4 is 10.1 Å². The maximum atomic E-state index is 14.7. The van der Waals surface area contributed by atoms with Gasteiger partial charge in [0, 0.05) is 11.5 Å². The number of nitriles is 1. The molecule has 0 saturated carbocycles. The molecule has 0 fully saturated rings. The highest BCUT2D eigenvalue weighted by Gasteiger charge is 2.43. The van der Waals surface area contributed by atoms with Gasteiger partial charge in [0.15, 0.2) is 11.6 Å². The zero-order chi connectivity index (χ0) is 22.2. The normalized spacial score (nSPS) is 15.7. The number of anilines is 1. The zero-order valence-corrected chi connectivity index (χ0v) is 15.1. The van der Waals surface area contributed by atoms with Crippen LogP contribution in [0.15, 0.2) is 42.0 Å². The van der Waals surface area contributed by atoms with Crippen LogP contribution in [0.2, 0.25) is 0 Å². The van der Waals surface area contributed by atoms with E-state index in [1.165, 1.54) is 11.4 Å². The predicted octanol–water partition coefficient (Wildman–Crippen LogP) is 4.25. The molecule has 30 heavy (non-hydrogen) atoms. The van der Waals surface area contributed by atoms with Crippen molar-refractivity contribution in [3.05, 3.63) is 70.3 Å². The van der Waals surface area contributed by atoms with Crippen molar-refractivity contribution in [1.82, 2.24) is 0 Å². The number of halogens is 5. The first kappa shape index (κ1) is 21.0. The van der Waals surface area contributed by atoms with E-state index in [0.717, 1.165) is 7.11 Å². The summed E-state index contributed by atoms with van der Waals surface area (Å²) in [7, 11) is 0.988. The number of fused-ring (bicyclic) bond motifs is 1. The van der Waals surface area contributed by atoms with E-state index in [1.54, 1.807) is 36.4 Å². The van der Waals surface area contributed by atoms with Crippen molar-refractivity contribution in [2.45, 2.75) is 12.1 Å². The average Bonchev–Trinajstić information content (AvgIpc) is 2.71. The second kappa shape index (κ2) is 7.59. The number of benzene rings is 2. The molecule has 1 N–H and O–H groups in total. The number of carbonyl (C=O) groups excluding carboxylic acids is 2. The molecule has 1 aliphatic rings. The molecule has 3 rings (SSSR count). The van der Waals surface area contributed by atoms with Crippen LogP contribution in [0.3, 0.4) is 0 Å². The minimum Gasteiger partial charge on any atom is -0.493 e. The number of allylic oxidation sites excluding steroid dienone is 2. The van der Waals surface area contributed by atoms with Gasteiger partial charge in [-0.2, -0.15) is 22.8 Å². The standard InChI is InChI=1S/C20H11F5N2O3/c1-30-18-12-11(9-5-3-2-4-6-9)7-10(8-26)17(28)13(12)16(14(21)15(18)22)27-19(29)20(23,24)25/h2-7,11H,1H3,(H,27,29). The first-order valence-corrected chi connectivity index (χ1v) is 8.30. The molecule has 0 radical (unpaired) electrons. The first-order valence-electron chi connectivity index (χ1n) is 8.30. The Kier molecular flexibility index (Phi) is 5.31. The summed E-state index contributed by atoms with van der Waals surface area (Å²) < 4.78 is 72.4. The lowest BCUT2D eigenvalue weighted by molar-refractivity contribution is -0.167. The van der Waals surface area contributed by atoms with E-state index in [0.29, 0.717) is 5.56 Å². The van der Waals surface area contributed by atoms with Gasteiger partial charge in [-0.15, -0.1) is 0 Å². The van der Waals surface area contributed by atoms with Gasteiger partial charge < -0.3 is 10.1 Å². The summed E-state index contributed by atoms with van der Waals surface area (Å²) in [5.41, 5.74) is -2.47. The fourth-order valence-corrected chi connectivity index (χ4v) is 3.19. The minimum atomic E-state index is -5.43. The predicted molar refractivity (Wildman–Crippen MR) is 93.9 cm³/mol. The second-order valence-corrected chi connectivity index (χ2v) is 6.19. The van der Waals surface area contributed by atoms with Gasteiger partial charge in [0.25, 0.3) is 0 Å². The van der Waals surface area contributed by atoms with Gasteiger partial charge in [-0.25, -0.2) is 4.39 Å². The molecule has 0 bridgehead atoms. The highest BCUT2D eigenvalue weighted by molar-refractivity contribution is 6.18. The van der Waals surface area contributed by atoms with Crippen molar-refractivity contribution in [3.8, 4) is 11.8 Å². The van der Waals surface area contributed by atoms with E-state index < -0.39 is 58.0 Å². The summed E-state index contributed by atoms with van der Waals surface area (Å²) in [6.45, 7) is 0. The Morgan fingerprint density at radius 3 is 2.33 bits per heavy atom. The lowest BCUT2D eigenvalue weighted by atomic mass is 9.78. The second-order valence-electron chi connectivity index (χ2n) is 6.19. The number of rotatable bonds is 3. The minimum absolute atomic E-state index is 0.302. The van der Waals surface area contributed by atoms with Crippen LogP contribution in [0.1, 0.15) is 27.4 Å². The van der Waals surface area contributed by atoms with Gasteiger partial charge in [-0.3, -0.25) is 9.59 Å². The molecular formula is C20H11F5N2O3. The van der Waals surface area contributed by atoms with Crippen LogP contribution >= 0.6 is 0 Å². The van der Waals surface area contributed by atoms with Gasteiger partial charge in [-0.1, -0.05) is 36.4 Å². The number of nitrogens with one attached hydrogen (secondary N) is 1. The maximum absolute atomic E-state index is 14.7. The highest BCUT2D eigenvalue weighted by atomic mass is 19.4. The summed E-state index contributed by atoms with van der Waals surface area (Å²) in [6, 6.07) is 9.58. The molecule has 1 atom stereocenters. The van der Waals surface area contributed by atoms with Crippen molar-refractivity contribution in [1.29, 1.82) is 5.26 Å². The third-order valence-corrected chi connectivity index (χ3v) is 4.47. The van der Waals surface area contributed by atoms with Crippen molar-refractivity contribution >= 4 is 17.4 Å². The number of alkyl halides is 3. The van der Waals surface area contributed by atoms with Gasteiger partial charge in [0.05, 0.1) is 23.9 Å². The Morgan fingerprint density at radius 2 is 1.80 bits per heavy atom. The van der Waals surface area contributed by atoms with Crippen molar-refractivity contribution in [2.24, 2.45) is 0 Å². The molecule has 0 aromatic heterocycles. The summed E-state index contributed by atoms with van der Waals surface area (Å²) in [5.74, 6) is -9.12. The van der Waals surface area contributed by atoms with E-state index in [9.17, 15) is 36.8 Å². The maximum Gasteiger partial charge on any atom is 0.471 e. The van der Waals surface area contributed by atoms with Gasteiger partial charge in [0.2, 0.25) is 11.6 Å². The number of ketones is 1. The molecule has 1 amide bonds. The Morgan fingerprint density at radius 1 is 1.17 bits per heavy atom. The molecule has 0 saturated heterocycles. The van der Waals surface area contributed by atoms with Crippen molar-refractivity contribution < 1.29 is 36.3 Å². The topological polar surface area (TPSA) is 79.2 Å². The Hall–Kier alpha value is -3.74. The number of amides is 1. The van der Waals surface area contributed by atoms with Crippen molar-refractivity contribution in [2.75, 3.05) is 12.4 Å². The monoisotopic (exact) mass is 422 g/mol. The third-order valence-electron chi connectivity index (χ3n) is 4.47. The Bertz CT molecular complexity index is 1120. The van der Waals surface area contributed by atoms with Crippen LogP contribution in [-0.2, 0) is 4.79 Å². The quantitative estimate of drug-likeness (QED) is 0.750. The van der Waals surface area contributed by atoms with Crippen LogP contribution in [0.4, 0.5) is 27.6 Å². The molecule has 10 heteroatoms. The summed E-state index contributed by atoms with van der Waals surface area (Å²) in [6.07, 6.45) is -4.25. The van der Waals surface area contributed by atoms with Gasteiger partial charge in [-0.05, 0) is 5.56 Å². The summed E-state index contributed by atoms with van der Waals surface area (Å²) in [5, 5.41) is 10.5. The van der Waals surface area contributed by atoms with Gasteiger partial charge in [0.1, 0.15) is 6.07 Å². The number of hydrogen-bond acceptors (Lipinski definition) is 4. The molecule has 2 aromatic rings. The van der Waals surface area contributed by atoms with Crippen LogP contribution in [0.25, 0.3) is 0 Å². The Labute approximate surface area is 166 Å². The lowest BCUT2D eigenvalue weighted by Gasteiger charge is -2.27. The van der Waals surface area contributed by atoms with E-state index in [-0.39, 0.29) is 5.56 Å².